The molecular weight excluding hydrogens is 270 g/mol. The lowest BCUT2D eigenvalue weighted by atomic mass is 9.85. The Balaban J connectivity index is 2.14. The third-order valence-electron chi connectivity index (χ3n) is 3.22. The van der Waals surface area contributed by atoms with Crippen molar-refractivity contribution in [3.05, 3.63) is 54.1 Å². The molecule has 0 aliphatic rings. The second-order valence-electron chi connectivity index (χ2n) is 5.09. The number of carboxylic acids is 1. The highest BCUT2D eigenvalue weighted by Gasteiger charge is 2.29. The summed E-state index contributed by atoms with van der Waals surface area (Å²) in [7, 11) is 0. The van der Waals surface area contributed by atoms with Crippen LogP contribution in [0, 0.1) is 0 Å². The molecule has 2 aromatic rings. The van der Waals surface area contributed by atoms with Crippen molar-refractivity contribution in [3.63, 3.8) is 0 Å². The van der Waals surface area contributed by atoms with E-state index < -0.39 is 11.4 Å². The van der Waals surface area contributed by atoms with E-state index in [4.69, 9.17) is 0 Å². The van der Waals surface area contributed by atoms with Crippen LogP contribution in [0.15, 0.2) is 43.0 Å². The fourth-order valence-electron chi connectivity index (χ4n) is 1.71. The number of benzene rings is 1. The van der Waals surface area contributed by atoms with Crippen molar-refractivity contribution < 1.29 is 14.7 Å². The van der Waals surface area contributed by atoms with Gasteiger partial charge in [-0.25, -0.2) is 9.97 Å². The van der Waals surface area contributed by atoms with E-state index in [0.717, 1.165) is 0 Å². The third-order valence-corrected chi connectivity index (χ3v) is 3.22. The van der Waals surface area contributed by atoms with Crippen molar-refractivity contribution in [1.82, 2.24) is 9.97 Å². The molecule has 1 amide bonds. The molecule has 108 valence electrons. The number of nitrogens with zero attached hydrogens (tertiary/aromatic N) is 2. The molecule has 0 aliphatic carbocycles. The lowest BCUT2D eigenvalue weighted by Crippen LogP contribution is -2.28. The molecule has 0 radical (unpaired) electrons. The smallest absolute Gasteiger partial charge is 0.313 e. The fraction of sp³-hybridized carbons (Fsp3) is 0.200. The van der Waals surface area contributed by atoms with Crippen LogP contribution in [0.5, 0.6) is 0 Å². The number of nitrogens with one attached hydrogen (secondary N) is 1. The second kappa shape index (κ2) is 5.70. The number of carboxylic acid groups (broad SMARTS) is 1. The molecule has 0 bridgehead atoms. The summed E-state index contributed by atoms with van der Waals surface area (Å²) in [4.78, 5) is 30.7. The van der Waals surface area contributed by atoms with E-state index in [2.05, 4.69) is 15.3 Å². The predicted octanol–water partition coefficient (Wildman–Crippen LogP) is 2.09. The van der Waals surface area contributed by atoms with Crippen molar-refractivity contribution in [2.75, 3.05) is 5.32 Å². The molecule has 1 aromatic heterocycles. The lowest BCUT2D eigenvalue weighted by molar-refractivity contribution is -0.142. The summed E-state index contributed by atoms with van der Waals surface area (Å²) in [5.74, 6) is -1.22. The summed E-state index contributed by atoms with van der Waals surface area (Å²) in [6.45, 7) is 3.26. The molecule has 2 N–H and O–H groups in total. The van der Waals surface area contributed by atoms with Crippen molar-refractivity contribution in [2.24, 2.45) is 0 Å². The van der Waals surface area contributed by atoms with Crippen molar-refractivity contribution >= 4 is 17.6 Å². The Hall–Kier alpha value is -2.76. The number of aliphatic carboxylic acids is 1. The van der Waals surface area contributed by atoms with Gasteiger partial charge in [0, 0.05) is 18.1 Å². The fourth-order valence-corrected chi connectivity index (χ4v) is 1.71. The summed E-state index contributed by atoms with van der Waals surface area (Å²) in [6.07, 6.45) is 4.19. The van der Waals surface area contributed by atoms with Crippen LogP contribution in [0.3, 0.4) is 0 Å². The number of anilines is 1. The first-order valence-corrected chi connectivity index (χ1v) is 6.31. The highest BCUT2D eigenvalue weighted by atomic mass is 16.4. The van der Waals surface area contributed by atoms with Gasteiger partial charge in [-0.15, -0.1) is 0 Å². The number of rotatable bonds is 4. The number of amides is 1. The first-order chi connectivity index (χ1) is 9.91. The van der Waals surface area contributed by atoms with Gasteiger partial charge < -0.3 is 10.4 Å². The summed E-state index contributed by atoms with van der Waals surface area (Å²) < 4.78 is 0. The third kappa shape index (κ3) is 3.22. The lowest BCUT2D eigenvalue weighted by Gasteiger charge is -2.19. The van der Waals surface area contributed by atoms with E-state index in [1.807, 2.05) is 0 Å². The Labute approximate surface area is 121 Å². The van der Waals surface area contributed by atoms with Gasteiger partial charge in [-0.3, -0.25) is 9.59 Å². The minimum Gasteiger partial charge on any atom is -0.481 e. The molecule has 0 spiro atoms. The van der Waals surface area contributed by atoms with Crippen LogP contribution in [0.1, 0.15) is 29.8 Å². The molecular formula is C15H15N3O3. The van der Waals surface area contributed by atoms with Gasteiger partial charge >= 0.3 is 5.97 Å². The van der Waals surface area contributed by atoms with E-state index in [9.17, 15) is 14.7 Å². The van der Waals surface area contributed by atoms with Crippen LogP contribution < -0.4 is 5.32 Å². The molecule has 2 rings (SSSR count). The molecule has 1 heterocycles. The maximum atomic E-state index is 11.9. The summed E-state index contributed by atoms with van der Waals surface area (Å²) in [5, 5.41) is 11.9. The molecule has 0 saturated carbocycles. The number of carbonyl (C=O) groups is 2. The van der Waals surface area contributed by atoms with Crippen LogP contribution in [0.4, 0.5) is 5.69 Å². The number of aromatic nitrogens is 2. The zero-order valence-electron chi connectivity index (χ0n) is 11.7. The molecule has 21 heavy (non-hydrogen) atoms. The van der Waals surface area contributed by atoms with Gasteiger partial charge in [0.25, 0.3) is 5.91 Å². The Morgan fingerprint density at radius 2 is 1.67 bits per heavy atom. The quantitative estimate of drug-likeness (QED) is 0.897. The second-order valence-corrected chi connectivity index (χ2v) is 5.09. The van der Waals surface area contributed by atoms with Crippen molar-refractivity contribution in [2.45, 2.75) is 19.3 Å². The molecule has 0 saturated heterocycles. The molecule has 0 atom stereocenters. The standard InChI is InChI=1S/C15H15N3O3/c1-15(2,14(20)21)11-3-5-12(6-4-11)18-13(19)10-7-16-9-17-8-10/h3-9H,1-2H3,(H,18,19)(H,20,21). The predicted molar refractivity (Wildman–Crippen MR) is 77.1 cm³/mol. The van der Waals surface area contributed by atoms with E-state index in [1.54, 1.807) is 38.1 Å². The minimum atomic E-state index is -0.976. The van der Waals surface area contributed by atoms with Crippen molar-refractivity contribution in [3.8, 4) is 0 Å². The Morgan fingerprint density at radius 3 is 2.19 bits per heavy atom. The van der Waals surface area contributed by atoms with Gasteiger partial charge in [0.1, 0.15) is 6.33 Å². The van der Waals surface area contributed by atoms with Crippen LogP contribution in [0.25, 0.3) is 0 Å². The molecule has 0 aliphatic heterocycles. The highest BCUT2D eigenvalue weighted by Crippen LogP contribution is 2.24. The molecule has 6 heteroatoms. The number of carbonyl (C=O) groups excluding carboxylic acids is 1. The zero-order valence-corrected chi connectivity index (χ0v) is 11.7. The SMILES string of the molecule is CC(C)(C(=O)O)c1ccc(NC(=O)c2cncnc2)cc1. The average Bonchev–Trinajstić information content (AvgIpc) is 2.48. The minimum absolute atomic E-state index is 0.319. The van der Waals surface area contributed by atoms with Gasteiger partial charge in [0.05, 0.1) is 11.0 Å². The van der Waals surface area contributed by atoms with E-state index in [-0.39, 0.29) is 5.91 Å². The molecule has 0 fully saturated rings. The van der Waals surface area contributed by atoms with Gasteiger partial charge in [0.15, 0.2) is 0 Å². The Morgan fingerprint density at radius 1 is 1.10 bits per heavy atom. The molecule has 1 aromatic carbocycles. The first-order valence-electron chi connectivity index (χ1n) is 6.31. The molecule has 0 unspecified atom stereocenters. The van der Waals surface area contributed by atoms with Crippen molar-refractivity contribution in [1.29, 1.82) is 0 Å². The normalized spacial score (nSPS) is 11.0. The van der Waals surface area contributed by atoms with Gasteiger partial charge in [-0.1, -0.05) is 12.1 Å². The maximum absolute atomic E-state index is 11.9. The van der Waals surface area contributed by atoms with E-state index in [0.29, 0.717) is 16.8 Å². The van der Waals surface area contributed by atoms with E-state index >= 15 is 0 Å². The largest absolute Gasteiger partial charge is 0.481 e. The first kappa shape index (κ1) is 14.6. The monoisotopic (exact) mass is 285 g/mol. The zero-order chi connectivity index (χ0) is 15.5. The van der Waals surface area contributed by atoms with E-state index in [1.165, 1.54) is 18.7 Å². The van der Waals surface area contributed by atoms with Gasteiger partial charge in [0.2, 0.25) is 0 Å². The van der Waals surface area contributed by atoms with Gasteiger partial charge in [-0.05, 0) is 31.5 Å². The molecule has 6 nitrogen and oxygen atoms in total. The Bertz CT molecular complexity index is 652. The Kier molecular flexibility index (Phi) is 3.98. The summed E-state index contributed by atoms with van der Waals surface area (Å²) in [6, 6.07) is 6.71. The van der Waals surface area contributed by atoms with Crippen LogP contribution >= 0.6 is 0 Å². The highest BCUT2D eigenvalue weighted by molar-refractivity contribution is 6.03. The average molecular weight is 285 g/mol. The van der Waals surface area contributed by atoms with Gasteiger partial charge in [-0.2, -0.15) is 0 Å². The number of hydrogen-bond donors (Lipinski definition) is 2. The summed E-state index contributed by atoms with van der Waals surface area (Å²) in [5.41, 5.74) is 0.618. The van der Waals surface area contributed by atoms with Crippen LogP contribution in [0.2, 0.25) is 0 Å². The van der Waals surface area contributed by atoms with Crippen LogP contribution in [-0.4, -0.2) is 27.0 Å². The maximum Gasteiger partial charge on any atom is 0.313 e. The van der Waals surface area contributed by atoms with Crippen LogP contribution in [-0.2, 0) is 10.2 Å². The summed E-state index contributed by atoms with van der Waals surface area (Å²) >= 11 is 0. The topological polar surface area (TPSA) is 92.2 Å². The number of hydrogen-bond acceptors (Lipinski definition) is 4.